The Labute approximate surface area is 128 Å². The van der Waals surface area contributed by atoms with Crippen LogP contribution in [-0.4, -0.2) is 24.0 Å². The minimum absolute atomic E-state index is 0.0278. The second-order valence-corrected chi connectivity index (χ2v) is 6.93. The van der Waals surface area contributed by atoms with Gasteiger partial charge >= 0.3 is 0 Å². The number of nitrogens with one attached hydrogen (secondary N) is 2. The standard InChI is InChI=1S/C17H20F2N2O/c18-9-1-4-13(16(19)5-9)14-8-15(14)17(22)21-12-6-10-2-3-11(7-12)20-10/h1,4-5,10-12,14-15,20H,2-3,6-8H2,(H,21,22). The summed E-state index contributed by atoms with van der Waals surface area (Å²) in [4.78, 5) is 12.3. The molecule has 3 aliphatic rings. The van der Waals surface area contributed by atoms with Crippen LogP contribution in [0.5, 0.6) is 0 Å². The lowest BCUT2D eigenvalue weighted by Gasteiger charge is -2.29. The molecule has 2 aliphatic heterocycles. The lowest BCUT2D eigenvalue weighted by atomic mass is 9.99. The van der Waals surface area contributed by atoms with Gasteiger partial charge in [0, 0.05) is 30.1 Å². The van der Waals surface area contributed by atoms with Crippen LogP contribution in [0.4, 0.5) is 8.78 Å². The van der Waals surface area contributed by atoms with Crippen LogP contribution in [0.25, 0.3) is 0 Å². The third kappa shape index (κ3) is 2.62. The highest BCUT2D eigenvalue weighted by molar-refractivity contribution is 5.83. The van der Waals surface area contributed by atoms with Crippen molar-refractivity contribution in [2.75, 3.05) is 0 Å². The molecular formula is C17H20F2N2O. The van der Waals surface area contributed by atoms with E-state index in [2.05, 4.69) is 10.6 Å². The first kappa shape index (κ1) is 14.1. The first-order valence-corrected chi connectivity index (χ1v) is 8.11. The Hall–Kier alpha value is -1.49. The molecule has 1 aromatic rings. The number of amides is 1. The smallest absolute Gasteiger partial charge is 0.223 e. The SMILES string of the molecule is O=C(NC1CC2CCC(C1)N2)C1CC1c1ccc(F)cc1F. The zero-order valence-corrected chi connectivity index (χ0v) is 12.3. The highest BCUT2D eigenvalue weighted by Crippen LogP contribution is 2.48. The van der Waals surface area contributed by atoms with Gasteiger partial charge in [-0.25, -0.2) is 8.78 Å². The van der Waals surface area contributed by atoms with Gasteiger partial charge in [0.15, 0.2) is 0 Å². The van der Waals surface area contributed by atoms with Gasteiger partial charge in [-0.3, -0.25) is 4.79 Å². The molecule has 1 amide bonds. The summed E-state index contributed by atoms with van der Waals surface area (Å²) in [6.07, 6.45) is 5.04. The van der Waals surface area contributed by atoms with E-state index >= 15 is 0 Å². The number of benzene rings is 1. The second-order valence-electron chi connectivity index (χ2n) is 6.93. The van der Waals surface area contributed by atoms with Crippen LogP contribution >= 0.6 is 0 Å². The summed E-state index contributed by atoms with van der Waals surface area (Å²) in [5, 5.41) is 6.69. The van der Waals surface area contributed by atoms with E-state index in [1.807, 2.05) is 0 Å². The number of carbonyl (C=O) groups excluding carboxylic acids is 1. The Kier molecular flexibility index (Phi) is 3.40. The molecule has 1 saturated carbocycles. The minimum Gasteiger partial charge on any atom is -0.353 e. The van der Waals surface area contributed by atoms with Crippen LogP contribution in [0, 0.1) is 17.6 Å². The summed E-state index contributed by atoms with van der Waals surface area (Å²) in [5.74, 6) is -1.35. The predicted molar refractivity (Wildman–Crippen MR) is 78.3 cm³/mol. The summed E-state index contributed by atoms with van der Waals surface area (Å²) in [7, 11) is 0. The first-order valence-electron chi connectivity index (χ1n) is 8.11. The molecule has 5 heteroatoms. The molecule has 3 nitrogen and oxygen atoms in total. The van der Waals surface area contributed by atoms with Gasteiger partial charge in [-0.1, -0.05) is 6.07 Å². The number of hydrogen-bond donors (Lipinski definition) is 2. The van der Waals surface area contributed by atoms with E-state index in [9.17, 15) is 13.6 Å². The minimum atomic E-state index is -0.576. The number of hydrogen-bond acceptors (Lipinski definition) is 2. The molecular weight excluding hydrogens is 286 g/mol. The van der Waals surface area contributed by atoms with E-state index in [0.29, 0.717) is 24.1 Å². The maximum atomic E-state index is 13.8. The summed E-state index contributed by atoms with van der Waals surface area (Å²) in [5.41, 5.74) is 0.465. The van der Waals surface area contributed by atoms with Gasteiger partial charge in [0.05, 0.1) is 0 Å². The van der Waals surface area contributed by atoms with E-state index in [4.69, 9.17) is 0 Å². The van der Waals surface area contributed by atoms with Crippen molar-refractivity contribution < 1.29 is 13.6 Å². The molecule has 0 aromatic heterocycles. The van der Waals surface area contributed by atoms with Crippen LogP contribution in [0.2, 0.25) is 0 Å². The van der Waals surface area contributed by atoms with Crippen molar-refractivity contribution in [1.82, 2.24) is 10.6 Å². The van der Waals surface area contributed by atoms with Crippen LogP contribution < -0.4 is 10.6 Å². The van der Waals surface area contributed by atoms with Crippen LogP contribution in [0.1, 0.15) is 43.6 Å². The average Bonchev–Trinajstić information content (AvgIpc) is 3.18. The van der Waals surface area contributed by atoms with E-state index in [0.717, 1.165) is 18.9 Å². The lowest BCUT2D eigenvalue weighted by molar-refractivity contribution is -0.123. The van der Waals surface area contributed by atoms with Crippen LogP contribution in [0.3, 0.4) is 0 Å². The third-order valence-corrected chi connectivity index (χ3v) is 5.31. The van der Waals surface area contributed by atoms with Gasteiger partial charge in [0.1, 0.15) is 11.6 Å². The maximum Gasteiger partial charge on any atom is 0.223 e. The Morgan fingerprint density at radius 3 is 2.55 bits per heavy atom. The molecule has 2 saturated heterocycles. The Bertz CT molecular complexity index is 594. The fourth-order valence-corrected chi connectivity index (χ4v) is 4.11. The number of halogens is 2. The number of carbonyl (C=O) groups is 1. The lowest BCUT2D eigenvalue weighted by Crippen LogP contribution is -2.48. The molecule has 2 bridgehead atoms. The summed E-state index contributed by atoms with van der Waals surface area (Å²) < 4.78 is 26.7. The number of fused-ring (bicyclic) bond motifs is 2. The van der Waals surface area contributed by atoms with Gasteiger partial charge < -0.3 is 10.6 Å². The molecule has 1 aromatic carbocycles. The quantitative estimate of drug-likeness (QED) is 0.901. The molecule has 2 N–H and O–H groups in total. The van der Waals surface area contributed by atoms with Crippen LogP contribution in [0.15, 0.2) is 18.2 Å². The summed E-state index contributed by atoms with van der Waals surface area (Å²) in [6.45, 7) is 0. The predicted octanol–water partition coefficient (Wildman–Crippen LogP) is 2.47. The monoisotopic (exact) mass is 306 g/mol. The molecule has 22 heavy (non-hydrogen) atoms. The Balaban J connectivity index is 1.36. The van der Waals surface area contributed by atoms with Gasteiger partial charge in [0.2, 0.25) is 5.91 Å². The largest absolute Gasteiger partial charge is 0.353 e. The highest BCUT2D eigenvalue weighted by atomic mass is 19.1. The van der Waals surface area contributed by atoms with Crippen LogP contribution in [-0.2, 0) is 4.79 Å². The number of rotatable bonds is 3. The maximum absolute atomic E-state index is 13.8. The highest BCUT2D eigenvalue weighted by Gasteiger charge is 2.46. The van der Waals surface area contributed by atoms with Gasteiger partial charge in [-0.2, -0.15) is 0 Å². The molecule has 0 spiro atoms. The van der Waals surface area contributed by atoms with Gasteiger partial charge in [-0.05, 0) is 49.7 Å². The van der Waals surface area contributed by atoms with Crippen molar-refractivity contribution in [1.29, 1.82) is 0 Å². The molecule has 4 rings (SSSR count). The fourth-order valence-electron chi connectivity index (χ4n) is 4.11. The zero-order valence-electron chi connectivity index (χ0n) is 12.3. The molecule has 0 radical (unpaired) electrons. The summed E-state index contributed by atoms with van der Waals surface area (Å²) in [6, 6.07) is 4.93. The van der Waals surface area contributed by atoms with Crippen molar-refractivity contribution in [3.8, 4) is 0 Å². The van der Waals surface area contributed by atoms with Crippen molar-refractivity contribution in [3.63, 3.8) is 0 Å². The third-order valence-electron chi connectivity index (χ3n) is 5.31. The topological polar surface area (TPSA) is 41.1 Å². The summed E-state index contributed by atoms with van der Waals surface area (Å²) >= 11 is 0. The zero-order chi connectivity index (χ0) is 15.3. The molecule has 2 heterocycles. The molecule has 3 fully saturated rings. The van der Waals surface area contributed by atoms with E-state index in [1.165, 1.54) is 25.0 Å². The van der Waals surface area contributed by atoms with Crippen molar-refractivity contribution in [2.45, 2.75) is 56.1 Å². The average molecular weight is 306 g/mol. The van der Waals surface area contributed by atoms with E-state index in [1.54, 1.807) is 0 Å². The van der Waals surface area contributed by atoms with Gasteiger partial charge in [0.25, 0.3) is 0 Å². The molecule has 4 unspecified atom stereocenters. The molecule has 4 atom stereocenters. The molecule has 1 aliphatic carbocycles. The van der Waals surface area contributed by atoms with Gasteiger partial charge in [-0.15, -0.1) is 0 Å². The number of piperidine rings is 1. The van der Waals surface area contributed by atoms with Crippen molar-refractivity contribution in [3.05, 3.63) is 35.4 Å². The van der Waals surface area contributed by atoms with Crippen molar-refractivity contribution in [2.24, 2.45) is 5.92 Å². The Morgan fingerprint density at radius 2 is 1.86 bits per heavy atom. The molecule has 118 valence electrons. The van der Waals surface area contributed by atoms with E-state index in [-0.39, 0.29) is 23.8 Å². The van der Waals surface area contributed by atoms with Crippen molar-refractivity contribution >= 4 is 5.91 Å². The second kappa shape index (κ2) is 5.30. The Morgan fingerprint density at radius 1 is 1.14 bits per heavy atom. The van der Waals surface area contributed by atoms with E-state index < -0.39 is 11.6 Å². The fraction of sp³-hybridized carbons (Fsp3) is 0.588. The first-order chi connectivity index (χ1) is 10.6. The normalized spacial score (nSPS) is 36.2.